The zero-order valence-corrected chi connectivity index (χ0v) is 12.1. The summed E-state index contributed by atoms with van der Waals surface area (Å²) in [5.41, 5.74) is 0. The first kappa shape index (κ1) is 14.1. The van der Waals surface area contributed by atoms with Gasteiger partial charge in [0.1, 0.15) is 11.5 Å². The fourth-order valence-electron chi connectivity index (χ4n) is 2.05. The van der Waals surface area contributed by atoms with Crippen LogP contribution in [0.2, 0.25) is 0 Å². The highest BCUT2D eigenvalue weighted by molar-refractivity contribution is 5.78. The number of hydrogen-bond donors (Lipinski definition) is 1. The number of carbonyl (C=O) groups excluding carboxylic acids is 1. The number of aryl methyl sites for hydroxylation is 1. The van der Waals surface area contributed by atoms with Gasteiger partial charge in [0.25, 0.3) is 0 Å². The topological polar surface area (TPSA) is 45.5 Å². The van der Waals surface area contributed by atoms with Crippen LogP contribution in [-0.4, -0.2) is 29.4 Å². The van der Waals surface area contributed by atoms with Crippen molar-refractivity contribution in [1.29, 1.82) is 0 Å². The SMILES string of the molecule is CCC(C)NCC(=O)N(Cc1ccc(C)o1)C1CC1. The molecule has 1 saturated carbocycles. The number of carbonyl (C=O) groups is 1. The van der Waals surface area contributed by atoms with Gasteiger partial charge in [-0.1, -0.05) is 6.92 Å². The molecule has 0 saturated heterocycles. The number of amides is 1. The van der Waals surface area contributed by atoms with Crippen molar-refractivity contribution in [2.24, 2.45) is 0 Å². The second-order valence-electron chi connectivity index (χ2n) is 5.46. The maximum absolute atomic E-state index is 12.3. The first-order valence-electron chi connectivity index (χ1n) is 7.18. The second-order valence-corrected chi connectivity index (χ2v) is 5.46. The van der Waals surface area contributed by atoms with E-state index < -0.39 is 0 Å². The van der Waals surface area contributed by atoms with E-state index in [4.69, 9.17) is 4.42 Å². The number of nitrogens with zero attached hydrogens (tertiary/aromatic N) is 1. The summed E-state index contributed by atoms with van der Waals surface area (Å²) < 4.78 is 5.57. The summed E-state index contributed by atoms with van der Waals surface area (Å²) in [5, 5.41) is 3.26. The van der Waals surface area contributed by atoms with E-state index in [1.54, 1.807) is 0 Å². The summed E-state index contributed by atoms with van der Waals surface area (Å²) in [5.74, 6) is 1.95. The van der Waals surface area contributed by atoms with E-state index in [0.29, 0.717) is 25.2 Å². The van der Waals surface area contributed by atoms with E-state index >= 15 is 0 Å². The molecule has 1 aromatic rings. The van der Waals surface area contributed by atoms with Crippen LogP contribution in [0.15, 0.2) is 16.5 Å². The molecule has 1 aliphatic rings. The molecule has 19 heavy (non-hydrogen) atoms. The summed E-state index contributed by atoms with van der Waals surface area (Å²) in [6, 6.07) is 4.70. The minimum absolute atomic E-state index is 0.178. The molecule has 1 N–H and O–H groups in total. The molecule has 1 fully saturated rings. The molecule has 1 amide bonds. The van der Waals surface area contributed by atoms with E-state index in [0.717, 1.165) is 30.8 Å². The maximum atomic E-state index is 12.3. The van der Waals surface area contributed by atoms with E-state index in [1.807, 2.05) is 24.0 Å². The predicted octanol–water partition coefficient (Wildman–Crippen LogP) is 2.47. The smallest absolute Gasteiger partial charge is 0.237 e. The van der Waals surface area contributed by atoms with Crippen molar-refractivity contribution >= 4 is 5.91 Å². The highest BCUT2D eigenvalue weighted by Gasteiger charge is 2.32. The van der Waals surface area contributed by atoms with Gasteiger partial charge in [0.05, 0.1) is 13.1 Å². The van der Waals surface area contributed by atoms with Crippen LogP contribution < -0.4 is 5.32 Å². The molecular weight excluding hydrogens is 240 g/mol. The molecular formula is C15H24N2O2. The molecule has 106 valence electrons. The monoisotopic (exact) mass is 264 g/mol. The highest BCUT2D eigenvalue weighted by Crippen LogP contribution is 2.28. The Bertz CT molecular complexity index is 424. The lowest BCUT2D eigenvalue weighted by molar-refractivity contribution is -0.131. The molecule has 0 spiro atoms. The van der Waals surface area contributed by atoms with Gasteiger partial charge in [-0.05, 0) is 45.2 Å². The lowest BCUT2D eigenvalue weighted by Gasteiger charge is -2.22. The lowest BCUT2D eigenvalue weighted by Crippen LogP contribution is -2.41. The number of hydrogen-bond acceptors (Lipinski definition) is 3. The van der Waals surface area contributed by atoms with Crippen molar-refractivity contribution in [1.82, 2.24) is 10.2 Å². The normalized spacial score (nSPS) is 16.4. The van der Waals surface area contributed by atoms with Crippen molar-refractivity contribution < 1.29 is 9.21 Å². The van der Waals surface area contributed by atoms with Gasteiger partial charge in [-0.3, -0.25) is 4.79 Å². The van der Waals surface area contributed by atoms with E-state index in [1.165, 1.54) is 0 Å². The Kier molecular flexibility index (Phi) is 4.64. The zero-order chi connectivity index (χ0) is 13.8. The predicted molar refractivity (Wildman–Crippen MR) is 74.8 cm³/mol. The van der Waals surface area contributed by atoms with Gasteiger partial charge in [0.15, 0.2) is 0 Å². The third-order valence-corrected chi connectivity index (χ3v) is 3.64. The van der Waals surface area contributed by atoms with Crippen molar-refractivity contribution in [2.75, 3.05) is 6.54 Å². The van der Waals surface area contributed by atoms with Crippen molar-refractivity contribution in [3.63, 3.8) is 0 Å². The van der Waals surface area contributed by atoms with Gasteiger partial charge in [0.2, 0.25) is 5.91 Å². The Balaban J connectivity index is 1.90. The number of nitrogens with one attached hydrogen (secondary N) is 1. The first-order chi connectivity index (χ1) is 9.10. The van der Waals surface area contributed by atoms with Gasteiger partial charge >= 0.3 is 0 Å². The average molecular weight is 264 g/mol. The molecule has 0 aromatic carbocycles. The molecule has 0 aliphatic heterocycles. The molecule has 2 rings (SSSR count). The van der Waals surface area contributed by atoms with Gasteiger partial charge in [-0.15, -0.1) is 0 Å². The third kappa shape index (κ3) is 4.10. The van der Waals surface area contributed by atoms with Crippen molar-refractivity contribution in [3.05, 3.63) is 23.7 Å². The molecule has 0 radical (unpaired) electrons. The first-order valence-corrected chi connectivity index (χ1v) is 7.18. The van der Waals surface area contributed by atoms with E-state index in [9.17, 15) is 4.79 Å². The van der Waals surface area contributed by atoms with Gasteiger partial charge in [0, 0.05) is 12.1 Å². The van der Waals surface area contributed by atoms with Gasteiger partial charge in [-0.2, -0.15) is 0 Å². The fourth-order valence-corrected chi connectivity index (χ4v) is 2.05. The summed E-state index contributed by atoms with van der Waals surface area (Å²) in [4.78, 5) is 14.2. The van der Waals surface area contributed by atoms with Crippen molar-refractivity contribution in [3.8, 4) is 0 Å². The van der Waals surface area contributed by atoms with Crippen LogP contribution in [-0.2, 0) is 11.3 Å². The van der Waals surface area contributed by atoms with Crippen LogP contribution >= 0.6 is 0 Å². The van der Waals surface area contributed by atoms with Gasteiger partial charge < -0.3 is 14.6 Å². The maximum Gasteiger partial charge on any atom is 0.237 e. The van der Waals surface area contributed by atoms with Crippen LogP contribution in [0, 0.1) is 6.92 Å². The Morgan fingerprint density at radius 2 is 2.26 bits per heavy atom. The molecule has 1 unspecified atom stereocenters. The quantitative estimate of drug-likeness (QED) is 0.823. The largest absolute Gasteiger partial charge is 0.464 e. The number of rotatable bonds is 7. The minimum atomic E-state index is 0.178. The molecule has 0 bridgehead atoms. The lowest BCUT2D eigenvalue weighted by atomic mass is 10.2. The highest BCUT2D eigenvalue weighted by atomic mass is 16.3. The zero-order valence-electron chi connectivity index (χ0n) is 12.1. The van der Waals surface area contributed by atoms with E-state index in [-0.39, 0.29) is 5.91 Å². The van der Waals surface area contributed by atoms with Crippen LogP contribution in [0.25, 0.3) is 0 Å². The molecule has 4 heteroatoms. The summed E-state index contributed by atoms with van der Waals surface area (Å²) in [6.07, 6.45) is 3.28. The standard InChI is InChI=1S/C15H24N2O2/c1-4-11(2)16-9-15(18)17(13-6-7-13)10-14-8-5-12(3)19-14/h5,8,11,13,16H,4,6-7,9-10H2,1-3H3. The Morgan fingerprint density at radius 3 is 2.79 bits per heavy atom. The Labute approximate surface area is 115 Å². The Morgan fingerprint density at radius 1 is 1.53 bits per heavy atom. The molecule has 1 heterocycles. The Hall–Kier alpha value is -1.29. The van der Waals surface area contributed by atoms with Gasteiger partial charge in [-0.25, -0.2) is 0 Å². The molecule has 1 aromatic heterocycles. The van der Waals surface area contributed by atoms with Crippen LogP contribution in [0.1, 0.15) is 44.6 Å². The molecule has 4 nitrogen and oxygen atoms in total. The second kappa shape index (κ2) is 6.24. The third-order valence-electron chi connectivity index (χ3n) is 3.64. The summed E-state index contributed by atoms with van der Waals surface area (Å²) >= 11 is 0. The van der Waals surface area contributed by atoms with Crippen LogP contribution in [0.4, 0.5) is 0 Å². The minimum Gasteiger partial charge on any atom is -0.464 e. The fraction of sp³-hybridized carbons (Fsp3) is 0.667. The molecule has 1 atom stereocenters. The summed E-state index contributed by atoms with van der Waals surface area (Å²) in [6.45, 7) is 7.17. The van der Waals surface area contributed by atoms with Crippen LogP contribution in [0.3, 0.4) is 0 Å². The molecule has 1 aliphatic carbocycles. The van der Waals surface area contributed by atoms with Crippen molar-refractivity contribution in [2.45, 2.75) is 58.7 Å². The summed E-state index contributed by atoms with van der Waals surface area (Å²) in [7, 11) is 0. The van der Waals surface area contributed by atoms with E-state index in [2.05, 4.69) is 19.2 Å². The average Bonchev–Trinajstić information content (AvgIpc) is 3.16. The van der Waals surface area contributed by atoms with Crippen LogP contribution in [0.5, 0.6) is 0 Å². The number of furan rings is 1.